The Morgan fingerprint density at radius 2 is 2.15 bits per heavy atom. The first-order chi connectivity index (χ1) is 6.13. The summed E-state index contributed by atoms with van der Waals surface area (Å²) in [4.78, 5) is 4.19. The summed E-state index contributed by atoms with van der Waals surface area (Å²) >= 11 is 5.80. The summed E-state index contributed by atoms with van der Waals surface area (Å²) in [5, 5.41) is 3.61. The SMILES string of the molecule is CCC(C)Cc1nc(C(C)Cl)no1. The molecule has 0 bridgehead atoms. The van der Waals surface area contributed by atoms with Crippen LogP contribution in [0.15, 0.2) is 4.52 Å². The first-order valence-corrected chi connectivity index (χ1v) is 5.03. The van der Waals surface area contributed by atoms with Gasteiger partial charge in [-0.2, -0.15) is 4.98 Å². The molecule has 0 spiro atoms. The van der Waals surface area contributed by atoms with Crippen molar-refractivity contribution in [1.82, 2.24) is 10.1 Å². The fourth-order valence-electron chi connectivity index (χ4n) is 0.955. The van der Waals surface area contributed by atoms with Crippen molar-refractivity contribution < 1.29 is 4.52 Å². The predicted molar refractivity (Wildman–Crippen MR) is 51.7 cm³/mol. The van der Waals surface area contributed by atoms with E-state index in [2.05, 4.69) is 24.0 Å². The van der Waals surface area contributed by atoms with Gasteiger partial charge in [0.1, 0.15) is 0 Å². The number of aromatic nitrogens is 2. The van der Waals surface area contributed by atoms with Gasteiger partial charge in [-0.15, -0.1) is 11.6 Å². The molecule has 0 radical (unpaired) electrons. The van der Waals surface area contributed by atoms with Crippen LogP contribution in [-0.2, 0) is 6.42 Å². The Balaban J connectivity index is 2.58. The molecule has 3 nitrogen and oxygen atoms in total. The van der Waals surface area contributed by atoms with Gasteiger partial charge in [0.15, 0.2) is 5.82 Å². The molecule has 1 aromatic rings. The highest BCUT2D eigenvalue weighted by Gasteiger charge is 2.12. The van der Waals surface area contributed by atoms with Gasteiger partial charge in [0.2, 0.25) is 5.89 Å². The van der Waals surface area contributed by atoms with Crippen LogP contribution in [-0.4, -0.2) is 10.1 Å². The van der Waals surface area contributed by atoms with Gasteiger partial charge in [0, 0.05) is 6.42 Å². The Morgan fingerprint density at radius 1 is 1.46 bits per heavy atom. The van der Waals surface area contributed by atoms with E-state index in [-0.39, 0.29) is 5.38 Å². The van der Waals surface area contributed by atoms with Crippen molar-refractivity contribution in [2.45, 2.75) is 39.0 Å². The molecule has 4 heteroatoms. The molecule has 1 rings (SSSR count). The van der Waals surface area contributed by atoms with Crippen molar-refractivity contribution in [3.05, 3.63) is 11.7 Å². The Labute approximate surface area is 83.5 Å². The largest absolute Gasteiger partial charge is 0.339 e. The van der Waals surface area contributed by atoms with Crippen LogP contribution in [0.1, 0.15) is 44.3 Å². The van der Waals surface area contributed by atoms with Crippen LogP contribution >= 0.6 is 11.6 Å². The molecule has 2 atom stereocenters. The van der Waals surface area contributed by atoms with Crippen LogP contribution in [0.5, 0.6) is 0 Å². The normalized spacial score (nSPS) is 15.7. The minimum atomic E-state index is -0.172. The van der Waals surface area contributed by atoms with E-state index in [1.165, 1.54) is 0 Å². The van der Waals surface area contributed by atoms with E-state index in [0.717, 1.165) is 12.8 Å². The third-order valence-corrected chi connectivity index (χ3v) is 2.25. The zero-order valence-corrected chi connectivity index (χ0v) is 9.01. The van der Waals surface area contributed by atoms with Crippen molar-refractivity contribution in [2.75, 3.05) is 0 Å². The highest BCUT2D eigenvalue weighted by molar-refractivity contribution is 6.20. The summed E-state index contributed by atoms with van der Waals surface area (Å²) in [6, 6.07) is 0. The van der Waals surface area contributed by atoms with Crippen LogP contribution in [0.3, 0.4) is 0 Å². The van der Waals surface area contributed by atoms with Crippen molar-refractivity contribution in [3.8, 4) is 0 Å². The number of nitrogens with zero attached hydrogens (tertiary/aromatic N) is 2. The maximum Gasteiger partial charge on any atom is 0.226 e. The number of halogens is 1. The summed E-state index contributed by atoms with van der Waals surface area (Å²) in [5.41, 5.74) is 0. The van der Waals surface area contributed by atoms with Crippen LogP contribution < -0.4 is 0 Å². The minimum absolute atomic E-state index is 0.172. The molecule has 0 aromatic carbocycles. The molecule has 2 unspecified atom stereocenters. The molecular weight excluding hydrogens is 188 g/mol. The third-order valence-electron chi connectivity index (χ3n) is 2.06. The van der Waals surface area contributed by atoms with Gasteiger partial charge in [-0.3, -0.25) is 0 Å². The lowest BCUT2D eigenvalue weighted by atomic mass is 10.1. The second-order valence-corrected chi connectivity index (χ2v) is 4.03. The van der Waals surface area contributed by atoms with Gasteiger partial charge in [-0.05, 0) is 12.8 Å². The molecule has 0 saturated carbocycles. The molecule has 0 fully saturated rings. The lowest BCUT2D eigenvalue weighted by Crippen LogP contribution is -1.98. The Hall–Kier alpha value is -0.570. The topological polar surface area (TPSA) is 38.9 Å². The Bertz CT molecular complexity index is 260. The lowest BCUT2D eigenvalue weighted by molar-refractivity contribution is 0.352. The smallest absolute Gasteiger partial charge is 0.226 e. The minimum Gasteiger partial charge on any atom is -0.339 e. The average Bonchev–Trinajstić information content (AvgIpc) is 2.52. The fraction of sp³-hybridized carbons (Fsp3) is 0.778. The number of hydrogen-bond donors (Lipinski definition) is 0. The lowest BCUT2D eigenvalue weighted by Gasteiger charge is -2.01. The molecule has 1 heterocycles. The maximum absolute atomic E-state index is 5.80. The molecule has 0 N–H and O–H groups in total. The molecule has 0 saturated heterocycles. The van der Waals surface area contributed by atoms with Crippen LogP contribution in [0, 0.1) is 5.92 Å². The molecule has 0 aliphatic heterocycles. The van der Waals surface area contributed by atoms with Crippen molar-refractivity contribution in [2.24, 2.45) is 5.92 Å². The standard InChI is InChI=1S/C9H15ClN2O/c1-4-6(2)5-8-11-9(7(3)10)12-13-8/h6-7H,4-5H2,1-3H3. The van der Waals surface area contributed by atoms with Gasteiger partial charge < -0.3 is 4.52 Å². The highest BCUT2D eigenvalue weighted by atomic mass is 35.5. The number of rotatable bonds is 4. The monoisotopic (exact) mass is 202 g/mol. The first-order valence-electron chi connectivity index (χ1n) is 4.60. The van der Waals surface area contributed by atoms with E-state index in [0.29, 0.717) is 17.6 Å². The first kappa shape index (κ1) is 10.5. The van der Waals surface area contributed by atoms with Gasteiger partial charge in [0.05, 0.1) is 5.38 Å². The zero-order chi connectivity index (χ0) is 9.84. The van der Waals surface area contributed by atoms with Gasteiger partial charge in [-0.25, -0.2) is 0 Å². The van der Waals surface area contributed by atoms with E-state index >= 15 is 0 Å². The Morgan fingerprint density at radius 3 is 2.62 bits per heavy atom. The van der Waals surface area contributed by atoms with Crippen molar-refractivity contribution in [1.29, 1.82) is 0 Å². The zero-order valence-electron chi connectivity index (χ0n) is 8.25. The van der Waals surface area contributed by atoms with E-state index in [1.807, 2.05) is 6.92 Å². The van der Waals surface area contributed by atoms with Crippen molar-refractivity contribution in [3.63, 3.8) is 0 Å². The third kappa shape index (κ3) is 2.99. The summed E-state index contributed by atoms with van der Waals surface area (Å²) in [5.74, 6) is 1.86. The summed E-state index contributed by atoms with van der Waals surface area (Å²) in [6.07, 6.45) is 1.96. The molecular formula is C9H15ClN2O. The summed E-state index contributed by atoms with van der Waals surface area (Å²) in [7, 11) is 0. The highest BCUT2D eigenvalue weighted by Crippen LogP contribution is 2.17. The summed E-state index contributed by atoms with van der Waals surface area (Å²) in [6.45, 7) is 6.14. The van der Waals surface area contributed by atoms with Gasteiger partial charge >= 0.3 is 0 Å². The molecule has 74 valence electrons. The van der Waals surface area contributed by atoms with E-state index in [1.54, 1.807) is 0 Å². The number of alkyl halides is 1. The van der Waals surface area contributed by atoms with Gasteiger partial charge in [0.25, 0.3) is 0 Å². The van der Waals surface area contributed by atoms with E-state index in [9.17, 15) is 0 Å². The van der Waals surface area contributed by atoms with E-state index in [4.69, 9.17) is 16.1 Å². The fourth-order valence-corrected chi connectivity index (χ4v) is 1.04. The van der Waals surface area contributed by atoms with E-state index < -0.39 is 0 Å². The second-order valence-electron chi connectivity index (χ2n) is 3.38. The predicted octanol–water partition coefficient (Wildman–Crippen LogP) is 2.96. The second kappa shape index (κ2) is 4.61. The average molecular weight is 203 g/mol. The van der Waals surface area contributed by atoms with Crippen molar-refractivity contribution >= 4 is 11.6 Å². The molecule has 1 aromatic heterocycles. The maximum atomic E-state index is 5.80. The van der Waals surface area contributed by atoms with Crippen LogP contribution in [0.25, 0.3) is 0 Å². The quantitative estimate of drug-likeness (QED) is 0.705. The molecule has 0 aliphatic rings. The molecule has 0 amide bonds. The summed E-state index contributed by atoms with van der Waals surface area (Å²) < 4.78 is 5.05. The molecule has 0 aliphatic carbocycles. The van der Waals surface area contributed by atoms with Crippen LogP contribution in [0.2, 0.25) is 0 Å². The van der Waals surface area contributed by atoms with Gasteiger partial charge in [-0.1, -0.05) is 25.4 Å². The Kier molecular flexibility index (Phi) is 3.72. The number of hydrogen-bond acceptors (Lipinski definition) is 3. The van der Waals surface area contributed by atoms with Crippen LogP contribution in [0.4, 0.5) is 0 Å². The molecule has 13 heavy (non-hydrogen) atoms.